The summed E-state index contributed by atoms with van der Waals surface area (Å²) in [6, 6.07) is 14.2. The lowest BCUT2D eigenvalue weighted by Crippen LogP contribution is -2.36. The molecule has 2 aromatic carbocycles. The van der Waals surface area contributed by atoms with Crippen LogP contribution in [0.3, 0.4) is 0 Å². The van der Waals surface area contributed by atoms with E-state index in [4.69, 9.17) is 0 Å². The van der Waals surface area contributed by atoms with Gasteiger partial charge in [-0.3, -0.25) is 24.1 Å². The van der Waals surface area contributed by atoms with E-state index in [0.717, 1.165) is 17.7 Å². The first-order valence-electron chi connectivity index (χ1n) is 9.99. The lowest BCUT2D eigenvalue weighted by molar-refractivity contribution is -0.133. The maximum absolute atomic E-state index is 12.4. The summed E-state index contributed by atoms with van der Waals surface area (Å²) >= 11 is 0. The van der Waals surface area contributed by atoms with Crippen LogP contribution in [0.5, 0.6) is 0 Å². The topological polar surface area (TPSA) is 86.8 Å². The molecule has 3 rings (SSSR count). The van der Waals surface area contributed by atoms with E-state index in [9.17, 15) is 19.2 Å². The van der Waals surface area contributed by atoms with Gasteiger partial charge in [0.1, 0.15) is 0 Å². The molecule has 0 saturated carbocycles. The van der Waals surface area contributed by atoms with E-state index in [-0.39, 0.29) is 43.1 Å². The fourth-order valence-corrected chi connectivity index (χ4v) is 3.47. The van der Waals surface area contributed by atoms with Crippen LogP contribution in [0.25, 0.3) is 0 Å². The number of nitrogens with one attached hydrogen (secondary N) is 1. The van der Waals surface area contributed by atoms with Crippen LogP contribution in [0.1, 0.15) is 46.0 Å². The van der Waals surface area contributed by atoms with Crippen molar-refractivity contribution in [1.82, 2.24) is 9.80 Å². The Morgan fingerprint density at radius 2 is 1.57 bits per heavy atom. The molecule has 0 saturated heterocycles. The smallest absolute Gasteiger partial charge is 0.261 e. The van der Waals surface area contributed by atoms with E-state index in [1.165, 1.54) is 9.80 Å². The van der Waals surface area contributed by atoms with Gasteiger partial charge in [0.15, 0.2) is 0 Å². The number of benzene rings is 2. The van der Waals surface area contributed by atoms with Crippen molar-refractivity contribution >= 4 is 29.3 Å². The molecule has 0 spiro atoms. The summed E-state index contributed by atoms with van der Waals surface area (Å²) < 4.78 is 0. The Morgan fingerprint density at radius 3 is 2.20 bits per heavy atom. The number of amides is 4. The number of rotatable bonds is 8. The zero-order chi connectivity index (χ0) is 21.7. The average Bonchev–Trinajstić information content (AvgIpc) is 2.99. The van der Waals surface area contributed by atoms with Crippen molar-refractivity contribution in [1.29, 1.82) is 0 Å². The molecule has 30 heavy (non-hydrogen) atoms. The molecule has 1 aliphatic heterocycles. The molecule has 156 valence electrons. The van der Waals surface area contributed by atoms with Gasteiger partial charge in [0, 0.05) is 25.7 Å². The molecule has 1 aliphatic rings. The number of anilines is 1. The molecule has 0 aromatic heterocycles. The summed E-state index contributed by atoms with van der Waals surface area (Å²) in [4.78, 5) is 51.9. The summed E-state index contributed by atoms with van der Waals surface area (Å²) in [7, 11) is 1.57. The highest BCUT2D eigenvalue weighted by Gasteiger charge is 2.34. The van der Waals surface area contributed by atoms with Gasteiger partial charge in [-0.05, 0) is 36.6 Å². The van der Waals surface area contributed by atoms with Crippen molar-refractivity contribution in [3.63, 3.8) is 0 Å². The number of aryl methyl sites for hydroxylation is 1. The molecule has 0 unspecified atom stereocenters. The molecule has 1 heterocycles. The van der Waals surface area contributed by atoms with Gasteiger partial charge in [-0.25, -0.2) is 0 Å². The molecule has 0 radical (unpaired) electrons. The Hall–Kier alpha value is -3.48. The van der Waals surface area contributed by atoms with Gasteiger partial charge >= 0.3 is 0 Å². The van der Waals surface area contributed by atoms with Crippen molar-refractivity contribution in [2.75, 3.05) is 25.5 Å². The molecular weight excluding hydrogens is 382 g/mol. The van der Waals surface area contributed by atoms with E-state index in [1.807, 2.05) is 31.2 Å². The zero-order valence-corrected chi connectivity index (χ0v) is 17.2. The number of carbonyl (C=O) groups is 4. The zero-order valence-electron chi connectivity index (χ0n) is 17.2. The van der Waals surface area contributed by atoms with Crippen LogP contribution in [0, 0.1) is 0 Å². The molecule has 0 atom stereocenters. The largest absolute Gasteiger partial charge is 0.336 e. The lowest BCUT2D eigenvalue weighted by Gasteiger charge is -2.18. The molecule has 0 bridgehead atoms. The second-order valence-corrected chi connectivity index (χ2v) is 7.22. The van der Waals surface area contributed by atoms with Crippen LogP contribution < -0.4 is 5.32 Å². The molecule has 7 nitrogen and oxygen atoms in total. The van der Waals surface area contributed by atoms with E-state index in [1.54, 1.807) is 31.3 Å². The average molecular weight is 407 g/mol. The third-order valence-corrected chi connectivity index (χ3v) is 5.13. The normalized spacial score (nSPS) is 12.7. The van der Waals surface area contributed by atoms with Gasteiger partial charge in [0.05, 0.1) is 17.7 Å². The highest BCUT2D eigenvalue weighted by atomic mass is 16.2. The van der Waals surface area contributed by atoms with Crippen molar-refractivity contribution < 1.29 is 19.2 Å². The highest BCUT2D eigenvalue weighted by molar-refractivity contribution is 6.21. The minimum atomic E-state index is -0.328. The Morgan fingerprint density at radius 1 is 0.967 bits per heavy atom. The number of hydrogen-bond donors (Lipinski definition) is 1. The summed E-state index contributed by atoms with van der Waals surface area (Å²) in [6.07, 6.45) is 1.28. The van der Waals surface area contributed by atoms with Crippen LogP contribution in [-0.2, 0) is 16.0 Å². The third kappa shape index (κ3) is 4.56. The van der Waals surface area contributed by atoms with E-state index in [2.05, 4.69) is 5.32 Å². The molecule has 2 aromatic rings. The van der Waals surface area contributed by atoms with Gasteiger partial charge < -0.3 is 10.2 Å². The molecular formula is C23H25N3O4. The van der Waals surface area contributed by atoms with E-state index < -0.39 is 0 Å². The number of fused-ring (bicyclic) bond motifs is 1. The van der Waals surface area contributed by atoms with Gasteiger partial charge in [0.25, 0.3) is 11.8 Å². The van der Waals surface area contributed by atoms with Crippen LogP contribution in [0.4, 0.5) is 5.69 Å². The molecule has 0 aliphatic carbocycles. The molecule has 7 heteroatoms. The SMILES string of the molecule is CCc1ccccc1NC(=O)CN(C)C(=O)CCCN1C(=O)c2ccccc2C1=O. The second-order valence-electron chi connectivity index (χ2n) is 7.22. The maximum atomic E-state index is 12.4. The molecule has 0 fully saturated rings. The number of imide groups is 1. The summed E-state index contributed by atoms with van der Waals surface area (Å²) in [6.45, 7) is 2.11. The van der Waals surface area contributed by atoms with Crippen LogP contribution in [0.15, 0.2) is 48.5 Å². The Balaban J connectivity index is 1.47. The monoisotopic (exact) mass is 407 g/mol. The number of para-hydroxylation sites is 1. The van der Waals surface area contributed by atoms with Crippen LogP contribution in [0.2, 0.25) is 0 Å². The van der Waals surface area contributed by atoms with Gasteiger partial charge in [-0.15, -0.1) is 0 Å². The Kier molecular flexibility index (Phi) is 6.61. The summed E-state index contributed by atoms with van der Waals surface area (Å²) in [5, 5.41) is 2.84. The summed E-state index contributed by atoms with van der Waals surface area (Å²) in [5.74, 6) is -1.15. The van der Waals surface area contributed by atoms with E-state index in [0.29, 0.717) is 17.5 Å². The van der Waals surface area contributed by atoms with Crippen LogP contribution in [-0.4, -0.2) is 53.6 Å². The minimum absolute atomic E-state index is 0.0656. The first-order valence-corrected chi connectivity index (χ1v) is 9.99. The maximum Gasteiger partial charge on any atom is 0.261 e. The summed E-state index contributed by atoms with van der Waals surface area (Å²) in [5.41, 5.74) is 2.57. The fourth-order valence-electron chi connectivity index (χ4n) is 3.47. The Bertz CT molecular complexity index is 951. The predicted octanol–water partition coefficient (Wildman–Crippen LogP) is 2.72. The number of carbonyl (C=O) groups excluding carboxylic acids is 4. The quantitative estimate of drug-likeness (QED) is 0.682. The fraction of sp³-hybridized carbons (Fsp3) is 0.304. The van der Waals surface area contributed by atoms with Crippen LogP contribution >= 0.6 is 0 Å². The highest BCUT2D eigenvalue weighted by Crippen LogP contribution is 2.22. The number of likely N-dealkylation sites (N-methyl/N-ethyl adjacent to an activating group) is 1. The minimum Gasteiger partial charge on any atom is -0.336 e. The number of nitrogens with zero attached hydrogens (tertiary/aromatic N) is 2. The van der Waals surface area contributed by atoms with Gasteiger partial charge in [-0.1, -0.05) is 37.3 Å². The second kappa shape index (κ2) is 9.35. The third-order valence-electron chi connectivity index (χ3n) is 5.13. The van der Waals surface area contributed by atoms with Crippen molar-refractivity contribution in [3.05, 3.63) is 65.2 Å². The number of hydrogen-bond acceptors (Lipinski definition) is 4. The van der Waals surface area contributed by atoms with Crippen molar-refractivity contribution in [2.24, 2.45) is 0 Å². The van der Waals surface area contributed by atoms with Crippen molar-refractivity contribution in [3.8, 4) is 0 Å². The van der Waals surface area contributed by atoms with E-state index >= 15 is 0 Å². The van der Waals surface area contributed by atoms with Crippen molar-refractivity contribution in [2.45, 2.75) is 26.2 Å². The standard InChI is InChI=1S/C23H25N3O4/c1-3-16-9-4-7-12-19(16)24-20(27)15-25(2)21(28)13-8-14-26-22(29)17-10-5-6-11-18(17)23(26)30/h4-7,9-12H,3,8,13-15H2,1-2H3,(H,24,27). The lowest BCUT2D eigenvalue weighted by atomic mass is 10.1. The predicted molar refractivity (Wildman–Crippen MR) is 113 cm³/mol. The first-order chi connectivity index (χ1) is 14.4. The molecule has 1 N–H and O–H groups in total. The Labute approximate surface area is 175 Å². The van der Waals surface area contributed by atoms with Gasteiger partial charge in [0.2, 0.25) is 11.8 Å². The van der Waals surface area contributed by atoms with Gasteiger partial charge in [-0.2, -0.15) is 0 Å². The first kappa shape index (κ1) is 21.2. The molecule has 4 amide bonds.